The number of carbonyl (C=O) groups excluding carboxylic acids is 1. The van der Waals surface area contributed by atoms with Gasteiger partial charge in [-0.3, -0.25) is 5.32 Å². The van der Waals surface area contributed by atoms with Crippen LogP contribution in [0.4, 0.5) is 9.80 Å². The summed E-state index contributed by atoms with van der Waals surface area (Å²) in [6.45, 7) is 4.66. The molecule has 0 radical (unpaired) electrons. The third-order valence-corrected chi connectivity index (χ3v) is 3.31. The van der Waals surface area contributed by atoms with E-state index in [9.17, 15) is 14.4 Å². The van der Waals surface area contributed by atoms with Gasteiger partial charge in [0.05, 0.1) is 11.7 Å². The van der Waals surface area contributed by atoms with E-state index >= 15 is 0 Å². The molecule has 0 fully saturated rings. The molecule has 0 aliphatic carbocycles. The topological polar surface area (TPSA) is 113 Å². The Kier molecular flexibility index (Phi) is 4.49. The number of nitrogens with one attached hydrogen (secondary N) is 1. The molecule has 8 heteroatoms. The highest BCUT2D eigenvalue weighted by atomic mass is 32.1. The SMILES string of the molecule is Cc1c(C(=O)O)sc(NC(=O)OC(C)C)c1C(=O)O. The number of carboxylic acids is 2. The number of thiophene rings is 1. The highest BCUT2D eigenvalue weighted by Gasteiger charge is 2.25. The zero-order valence-corrected chi connectivity index (χ0v) is 11.3. The first kappa shape index (κ1) is 15.0. The van der Waals surface area contributed by atoms with E-state index in [1.807, 2.05) is 0 Å². The fourth-order valence-electron chi connectivity index (χ4n) is 1.40. The maximum Gasteiger partial charge on any atom is 0.412 e. The molecule has 0 saturated heterocycles. The number of amides is 1. The van der Waals surface area contributed by atoms with Gasteiger partial charge in [-0.15, -0.1) is 11.3 Å². The Morgan fingerprint density at radius 3 is 2.21 bits per heavy atom. The van der Waals surface area contributed by atoms with Crippen molar-refractivity contribution in [3.63, 3.8) is 0 Å². The molecule has 0 aliphatic heterocycles. The molecule has 19 heavy (non-hydrogen) atoms. The molecule has 3 N–H and O–H groups in total. The molecule has 1 aromatic heterocycles. The van der Waals surface area contributed by atoms with E-state index in [2.05, 4.69) is 5.32 Å². The lowest BCUT2D eigenvalue weighted by atomic mass is 10.1. The van der Waals surface area contributed by atoms with Crippen LogP contribution in [0.5, 0.6) is 0 Å². The van der Waals surface area contributed by atoms with Crippen LogP contribution in [-0.4, -0.2) is 34.3 Å². The molecule has 1 amide bonds. The number of anilines is 1. The van der Waals surface area contributed by atoms with Gasteiger partial charge in [-0.25, -0.2) is 14.4 Å². The molecule has 0 aromatic carbocycles. The largest absolute Gasteiger partial charge is 0.478 e. The van der Waals surface area contributed by atoms with Crippen molar-refractivity contribution in [2.24, 2.45) is 0 Å². The van der Waals surface area contributed by atoms with Crippen LogP contribution in [0.15, 0.2) is 0 Å². The highest BCUT2D eigenvalue weighted by Crippen LogP contribution is 2.33. The first-order valence-electron chi connectivity index (χ1n) is 5.31. The van der Waals surface area contributed by atoms with Crippen LogP contribution in [0.25, 0.3) is 0 Å². The molecule has 104 valence electrons. The van der Waals surface area contributed by atoms with Gasteiger partial charge in [0, 0.05) is 0 Å². The Hall–Kier alpha value is -2.09. The summed E-state index contributed by atoms with van der Waals surface area (Å²) < 4.78 is 4.81. The molecule has 1 heterocycles. The third-order valence-electron chi connectivity index (χ3n) is 2.11. The third kappa shape index (κ3) is 3.44. The Balaban J connectivity index is 3.13. The summed E-state index contributed by atoms with van der Waals surface area (Å²) in [7, 11) is 0. The number of carbonyl (C=O) groups is 3. The Morgan fingerprint density at radius 1 is 1.21 bits per heavy atom. The van der Waals surface area contributed by atoms with Crippen molar-refractivity contribution in [1.29, 1.82) is 0 Å². The number of aromatic carboxylic acids is 2. The minimum Gasteiger partial charge on any atom is -0.478 e. The van der Waals surface area contributed by atoms with Gasteiger partial charge in [-0.1, -0.05) is 0 Å². The molecule has 7 nitrogen and oxygen atoms in total. The maximum atomic E-state index is 11.4. The lowest BCUT2D eigenvalue weighted by molar-refractivity contribution is 0.0696. The van der Waals surface area contributed by atoms with Crippen molar-refractivity contribution < 1.29 is 29.3 Å². The van der Waals surface area contributed by atoms with Gasteiger partial charge in [-0.05, 0) is 26.3 Å². The molecule has 0 atom stereocenters. The van der Waals surface area contributed by atoms with Crippen LogP contribution in [0.3, 0.4) is 0 Å². The minimum atomic E-state index is -1.30. The predicted molar refractivity (Wildman–Crippen MR) is 68.2 cm³/mol. The summed E-state index contributed by atoms with van der Waals surface area (Å²) in [6, 6.07) is 0. The van der Waals surface area contributed by atoms with Gasteiger partial charge >= 0.3 is 18.0 Å². The summed E-state index contributed by atoms with van der Waals surface area (Å²) in [4.78, 5) is 33.3. The second kappa shape index (κ2) is 5.70. The van der Waals surface area contributed by atoms with E-state index in [1.165, 1.54) is 6.92 Å². The first-order chi connectivity index (χ1) is 8.73. The Bertz CT molecular complexity index is 534. The Labute approximate surface area is 112 Å². The van der Waals surface area contributed by atoms with Crippen LogP contribution >= 0.6 is 11.3 Å². The lowest BCUT2D eigenvalue weighted by Crippen LogP contribution is -2.18. The average molecular weight is 287 g/mol. The van der Waals surface area contributed by atoms with E-state index < -0.39 is 18.0 Å². The molecule has 0 unspecified atom stereocenters. The van der Waals surface area contributed by atoms with Gasteiger partial charge in [0.1, 0.15) is 9.88 Å². The minimum absolute atomic E-state index is 0.0481. The van der Waals surface area contributed by atoms with Crippen molar-refractivity contribution in [3.05, 3.63) is 16.0 Å². The van der Waals surface area contributed by atoms with Crippen LogP contribution in [0, 0.1) is 6.92 Å². The van der Waals surface area contributed by atoms with E-state index in [4.69, 9.17) is 14.9 Å². The van der Waals surface area contributed by atoms with Gasteiger partial charge in [0.25, 0.3) is 0 Å². The highest BCUT2D eigenvalue weighted by molar-refractivity contribution is 7.18. The molecule has 1 aromatic rings. The van der Waals surface area contributed by atoms with E-state index in [0.29, 0.717) is 11.3 Å². The second-order valence-electron chi connectivity index (χ2n) is 3.95. The summed E-state index contributed by atoms with van der Waals surface area (Å²) >= 11 is 0.686. The van der Waals surface area contributed by atoms with Crippen molar-refractivity contribution in [2.45, 2.75) is 26.9 Å². The van der Waals surface area contributed by atoms with E-state index in [-0.39, 0.29) is 27.1 Å². The zero-order valence-electron chi connectivity index (χ0n) is 10.5. The van der Waals surface area contributed by atoms with Gasteiger partial charge < -0.3 is 14.9 Å². The molecular weight excluding hydrogens is 274 g/mol. The van der Waals surface area contributed by atoms with Crippen molar-refractivity contribution in [3.8, 4) is 0 Å². The zero-order chi connectivity index (χ0) is 14.7. The summed E-state index contributed by atoms with van der Waals surface area (Å²) in [5.41, 5.74) is -0.132. The fourth-order valence-corrected chi connectivity index (χ4v) is 2.42. The van der Waals surface area contributed by atoms with Crippen molar-refractivity contribution in [1.82, 2.24) is 0 Å². The van der Waals surface area contributed by atoms with Crippen LogP contribution < -0.4 is 5.32 Å². The normalized spacial score (nSPS) is 10.3. The molecule has 0 spiro atoms. The van der Waals surface area contributed by atoms with Crippen LogP contribution in [0.1, 0.15) is 39.4 Å². The van der Waals surface area contributed by atoms with Gasteiger partial charge in [-0.2, -0.15) is 0 Å². The van der Waals surface area contributed by atoms with Crippen molar-refractivity contribution in [2.75, 3.05) is 5.32 Å². The predicted octanol–water partition coefficient (Wildman–Crippen LogP) is 2.41. The number of ether oxygens (including phenoxy) is 1. The molecular formula is C11H13NO6S. The van der Waals surface area contributed by atoms with Gasteiger partial charge in [0.2, 0.25) is 0 Å². The monoisotopic (exact) mass is 287 g/mol. The molecule has 0 bridgehead atoms. The van der Waals surface area contributed by atoms with E-state index in [1.54, 1.807) is 13.8 Å². The number of hydrogen-bond donors (Lipinski definition) is 3. The standard InChI is InChI=1S/C11H13NO6S/c1-4(2)18-11(17)12-8-6(9(13)14)5(3)7(19-8)10(15)16/h4H,1-3H3,(H,12,17)(H,13,14)(H,15,16). The Morgan fingerprint density at radius 2 is 1.79 bits per heavy atom. The first-order valence-corrected chi connectivity index (χ1v) is 6.13. The number of carboxylic acid groups (broad SMARTS) is 2. The van der Waals surface area contributed by atoms with Crippen LogP contribution in [0.2, 0.25) is 0 Å². The van der Waals surface area contributed by atoms with Crippen LogP contribution in [-0.2, 0) is 4.74 Å². The lowest BCUT2D eigenvalue weighted by Gasteiger charge is -2.08. The summed E-state index contributed by atoms with van der Waals surface area (Å²) in [6.07, 6.45) is -1.19. The molecule has 0 aliphatic rings. The summed E-state index contributed by atoms with van der Waals surface area (Å²) in [5, 5.41) is 20.2. The number of rotatable bonds is 4. The molecule has 1 rings (SSSR count). The average Bonchev–Trinajstić information content (AvgIpc) is 2.53. The quantitative estimate of drug-likeness (QED) is 0.783. The van der Waals surface area contributed by atoms with E-state index in [0.717, 1.165) is 0 Å². The summed E-state index contributed by atoms with van der Waals surface area (Å²) in [5.74, 6) is -2.55. The smallest absolute Gasteiger partial charge is 0.412 e. The molecule has 0 saturated carbocycles. The number of hydrogen-bond acceptors (Lipinski definition) is 5. The van der Waals surface area contributed by atoms with Gasteiger partial charge in [0.15, 0.2) is 0 Å². The fraction of sp³-hybridized carbons (Fsp3) is 0.364. The van der Waals surface area contributed by atoms with Crippen molar-refractivity contribution >= 4 is 34.4 Å². The second-order valence-corrected chi connectivity index (χ2v) is 4.97. The maximum absolute atomic E-state index is 11.4.